The molecule has 0 spiro atoms. The predicted octanol–water partition coefficient (Wildman–Crippen LogP) is 1.46. The van der Waals surface area contributed by atoms with Crippen LogP contribution in [0.5, 0.6) is 0 Å². The number of amides is 2. The molecule has 23 heavy (non-hydrogen) atoms. The Balaban J connectivity index is 1.63. The quantitative estimate of drug-likeness (QED) is 0.644. The van der Waals surface area contributed by atoms with Crippen molar-refractivity contribution in [2.45, 2.75) is 19.9 Å². The highest BCUT2D eigenvalue weighted by Crippen LogP contribution is 2.13. The first kappa shape index (κ1) is 16.7. The van der Waals surface area contributed by atoms with E-state index in [1.54, 1.807) is 36.8 Å². The third-order valence-electron chi connectivity index (χ3n) is 3.10. The van der Waals surface area contributed by atoms with Gasteiger partial charge in [-0.05, 0) is 37.2 Å². The minimum absolute atomic E-state index is 0.0973. The molecule has 0 radical (unpaired) electrons. The van der Waals surface area contributed by atoms with E-state index in [0.29, 0.717) is 11.4 Å². The monoisotopic (exact) mass is 315 g/mol. The fourth-order valence-corrected chi connectivity index (χ4v) is 2.05. The average molecular weight is 315 g/mol. The molecule has 0 atom stereocenters. The Morgan fingerprint density at radius 3 is 2.43 bits per heavy atom. The minimum atomic E-state index is -0.123. The molecule has 0 bridgehead atoms. The van der Waals surface area contributed by atoms with E-state index in [2.05, 4.69) is 20.9 Å². The zero-order valence-electron chi connectivity index (χ0n) is 13.1. The van der Waals surface area contributed by atoms with Crippen molar-refractivity contribution in [2.24, 2.45) is 0 Å². The second kappa shape index (κ2) is 8.70. The van der Waals surface area contributed by atoms with Crippen molar-refractivity contribution in [3.8, 4) is 0 Å². The van der Waals surface area contributed by atoms with Crippen LogP contribution in [-0.4, -0.2) is 34.5 Å². The summed E-state index contributed by atoms with van der Waals surface area (Å²) in [6.45, 7) is 3.35. The van der Waals surface area contributed by atoms with E-state index in [0.717, 1.165) is 19.5 Å². The number of carbonyl (C=O) groups excluding carboxylic acids is 2. The van der Waals surface area contributed by atoms with Crippen molar-refractivity contribution in [3.63, 3.8) is 0 Å². The number of carbonyl (C=O) groups is 2. The van der Waals surface area contributed by atoms with Gasteiger partial charge in [0.05, 0.1) is 12.9 Å². The van der Waals surface area contributed by atoms with E-state index in [1.807, 2.05) is 10.8 Å². The first-order valence-electron chi connectivity index (χ1n) is 7.47. The number of nitrogens with zero attached hydrogens (tertiary/aromatic N) is 2. The van der Waals surface area contributed by atoms with Gasteiger partial charge in [0.15, 0.2) is 0 Å². The molecule has 0 aliphatic heterocycles. The van der Waals surface area contributed by atoms with Crippen molar-refractivity contribution >= 4 is 23.2 Å². The van der Waals surface area contributed by atoms with Crippen LogP contribution in [0.25, 0.3) is 0 Å². The molecule has 1 aromatic carbocycles. The van der Waals surface area contributed by atoms with Crippen LogP contribution in [-0.2, 0) is 16.1 Å². The van der Waals surface area contributed by atoms with E-state index in [9.17, 15) is 9.59 Å². The highest BCUT2D eigenvalue weighted by Gasteiger charge is 2.02. The lowest BCUT2D eigenvalue weighted by Gasteiger charge is -2.08. The van der Waals surface area contributed by atoms with Gasteiger partial charge in [0, 0.05) is 37.2 Å². The molecule has 2 rings (SSSR count). The molecule has 1 heterocycles. The van der Waals surface area contributed by atoms with E-state index in [-0.39, 0.29) is 18.4 Å². The van der Waals surface area contributed by atoms with Crippen LogP contribution < -0.4 is 16.0 Å². The van der Waals surface area contributed by atoms with Crippen LogP contribution in [0.1, 0.15) is 13.3 Å². The van der Waals surface area contributed by atoms with Crippen LogP contribution in [0.3, 0.4) is 0 Å². The lowest BCUT2D eigenvalue weighted by molar-refractivity contribution is -0.115. The smallest absolute Gasteiger partial charge is 0.238 e. The van der Waals surface area contributed by atoms with Crippen molar-refractivity contribution in [1.29, 1.82) is 0 Å². The van der Waals surface area contributed by atoms with Gasteiger partial charge in [-0.15, -0.1) is 0 Å². The molecule has 3 N–H and O–H groups in total. The van der Waals surface area contributed by atoms with Crippen molar-refractivity contribution in [3.05, 3.63) is 43.0 Å². The van der Waals surface area contributed by atoms with E-state index in [4.69, 9.17) is 0 Å². The molecule has 0 unspecified atom stereocenters. The van der Waals surface area contributed by atoms with Gasteiger partial charge in [0.2, 0.25) is 11.8 Å². The summed E-state index contributed by atoms with van der Waals surface area (Å²) in [5, 5.41) is 8.57. The van der Waals surface area contributed by atoms with Crippen LogP contribution in [0.15, 0.2) is 43.0 Å². The minimum Gasteiger partial charge on any atom is -0.337 e. The van der Waals surface area contributed by atoms with Gasteiger partial charge in [-0.2, -0.15) is 0 Å². The number of nitrogens with one attached hydrogen (secondary N) is 3. The number of aryl methyl sites for hydroxylation is 1. The maximum Gasteiger partial charge on any atom is 0.238 e. The summed E-state index contributed by atoms with van der Waals surface area (Å²) in [5.41, 5.74) is 1.40. The van der Waals surface area contributed by atoms with Crippen LogP contribution >= 0.6 is 0 Å². The molecule has 0 aliphatic rings. The Morgan fingerprint density at radius 2 is 1.83 bits per heavy atom. The molecule has 2 amide bonds. The van der Waals surface area contributed by atoms with Crippen molar-refractivity contribution < 1.29 is 9.59 Å². The maximum absolute atomic E-state index is 11.8. The SMILES string of the molecule is CC(=O)Nc1ccc(NC(=O)CNCCCn2ccnc2)cc1. The van der Waals surface area contributed by atoms with Gasteiger partial charge in [-0.25, -0.2) is 4.98 Å². The van der Waals surface area contributed by atoms with Gasteiger partial charge in [-0.1, -0.05) is 0 Å². The molecule has 0 saturated carbocycles. The molecular weight excluding hydrogens is 294 g/mol. The zero-order chi connectivity index (χ0) is 16.5. The van der Waals surface area contributed by atoms with Gasteiger partial charge in [0.1, 0.15) is 0 Å². The van der Waals surface area contributed by atoms with E-state index >= 15 is 0 Å². The van der Waals surface area contributed by atoms with Crippen LogP contribution in [0, 0.1) is 0 Å². The molecule has 7 heteroatoms. The highest BCUT2D eigenvalue weighted by atomic mass is 16.2. The lowest BCUT2D eigenvalue weighted by Crippen LogP contribution is -2.29. The maximum atomic E-state index is 11.8. The van der Waals surface area contributed by atoms with Crippen molar-refractivity contribution in [2.75, 3.05) is 23.7 Å². The summed E-state index contributed by atoms with van der Waals surface area (Å²) in [6.07, 6.45) is 6.36. The summed E-state index contributed by atoms with van der Waals surface area (Å²) in [5.74, 6) is -0.221. The Hall–Kier alpha value is -2.67. The molecule has 122 valence electrons. The van der Waals surface area contributed by atoms with Gasteiger partial charge < -0.3 is 20.5 Å². The Morgan fingerprint density at radius 1 is 1.13 bits per heavy atom. The fraction of sp³-hybridized carbons (Fsp3) is 0.312. The molecule has 7 nitrogen and oxygen atoms in total. The number of benzene rings is 1. The Bertz CT molecular complexity index is 622. The molecule has 1 aromatic heterocycles. The molecule has 0 fully saturated rings. The average Bonchev–Trinajstić information content (AvgIpc) is 3.02. The van der Waals surface area contributed by atoms with Gasteiger partial charge in [0.25, 0.3) is 0 Å². The number of hydrogen-bond acceptors (Lipinski definition) is 4. The Kier molecular flexibility index (Phi) is 6.31. The normalized spacial score (nSPS) is 10.3. The standard InChI is InChI=1S/C16H21N5O2/c1-13(22)19-14-3-5-15(6-4-14)20-16(23)11-17-7-2-9-21-10-8-18-12-21/h3-6,8,10,12,17H,2,7,9,11H2,1H3,(H,19,22)(H,20,23). The summed E-state index contributed by atoms with van der Waals surface area (Å²) >= 11 is 0. The number of imidazole rings is 1. The molecular formula is C16H21N5O2. The topological polar surface area (TPSA) is 88.0 Å². The summed E-state index contributed by atoms with van der Waals surface area (Å²) in [4.78, 5) is 26.7. The van der Waals surface area contributed by atoms with Crippen molar-refractivity contribution in [1.82, 2.24) is 14.9 Å². The Labute approximate surface area is 135 Å². The predicted molar refractivity (Wildman–Crippen MR) is 89.1 cm³/mol. The lowest BCUT2D eigenvalue weighted by atomic mass is 10.2. The zero-order valence-corrected chi connectivity index (χ0v) is 13.1. The molecule has 2 aromatic rings. The number of anilines is 2. The number of aromatic nitrogens is 2. The molecule has 0 saturated heterocycles. The van der Waals surface area contributed by atoms with Crippen LogP contribution in [0.2, 0.25) is 0 Å². The second-order valence-corrected chi connectivity index (χ2v) is 5.14. The van der Waals surface area contributed by atoms with Gasteiger partial charge in [-0.3, -0.25) is 9.59 Å². The third kappa shape index (κ3) is 6.31. The highest BCUT2D eigenvalue weighted by molar-refractivity contribution is 5.93. The number of rotatable bonds is 8. The first-order chi connectivity index (χ1) is 11.1. The summed E-state index contributed by atoms with van der Waals surface area (Å²) in [6, 6.07) is 7.00. The van der Waals surface area contributed by atoms with Crippen LogP contribution in [0.4, 0.5) is 11.4 Å². The van der Waals surface area contributed by atoms with Gasteiger partial charge >= 0.3 is 0 Å². The first-order valence-corrected chi connectivity index (χ1v) is 7.47. The number of hydrogen-bond donors (Lipinski definition) is 3. The fourth-order valence-electron chi connectivity index (χ4n) is 2.05. The third-order valence-corrected chi connectivity index (χ3v) is 3.10. The largest absolute Gasteiger partial charge is 0.337 e. The summed E-state index contributed by atoms with van der Waals surface area (Å²) < 4.78 is 2.00. The summed E-state index contributed by atoms with van der Waals surface area (Å²) in [7, 11) is 0. The van der Waals surface area contributed by atoms with E-state index < -0.39 is 0 Å². The van der Waals surface area contributed by atoms with E-state index in [1.165, 1.54) is 6.92 Å². The molecule has 0 aliphatic carbocycles. The second-order valence-electron chi connectivity index (χ2n) is 5.14.